The first-order chi connectivity index (χ1) is 12.4. The molecule has 1 atom stereocenters. The summed E-state index contributed by atoms with van der Waals surface area (Å²) in [6.07, 6.45) is 2.46. The molecule has 1 saturated carbocycles. The summed E-state index contributed by atoms with van der Waals surface area (Å²) in [7, 11) is 3.68. The Kier molecular flexibility index (Phi) is 4.99. The fraction of sp³-hybridized carbons (Fsp3) is 0.450. The van der Waals surface area contributed by atoms with E-state index in [-0.39, 0.29) is 36.1 Å². The summed E-state index contributed by atoms with van der Waals surface area (Å²) < 4.78 is 0. The highest BCUT2D eigenvalue weighted by Gasteiger charge is 2.32. The number of nitrogens with zero attached hydrogens (tertiary/aromatic N) is 3. The lowest BCUT2D eigenvalue weighted by Gasteiger charge is -2.20. The highest BCUT2D eigenvalue weighted by atomic mass is 16.2. The summed E-state index contributed by atoms with van der Waals surface area (Å²) in [5.41, 5.74) is 1.98. The second-order valence-electron chi connectivity index (χ2n) is 7.03. The molecule has 26 heavy (non-hydrogen) atoms. The predicted molar refractivity (Wildman–Crippen MR) is 100 cm³/mol. The normalized spacial score (nSPS) is 16.8. The summed E-state index contributed by atoms with van der Waals surface area (Å²) in [5.74, 6) is 0.705. The zero-order chi connectivity index (χ0) is 18.8. The van der Waals surface area contributed by atoms with Crippen molar-refractivity contribution in [3.05, 3.63) is 35.7 Å². The van der Waals surface area contributed by atoms with Crippen molar-refractivity contribution < 1.29 is 9.59 Å². The van der Waals surface area contributed by atoms with E-state index in [0.717, 1.165) is 24.2 Å². The smallest absolute Gasteiger partial charge is 0.220 e. The molecule has 0 spiro atoms. The van der Waals surface area contributed by atoms with E-state index in [9.17, 15) is 14.9 Å². The number of hydrogen-bond donors (Lipinski definition) is 1. The summed E-state index contributed by atoms with van der Waals surface area (Å²) >= 11 is 0. The van der Waals surface area contributed by atoms with Gasteiger partial charge in [0.05, 0.1) is 11.4 Å². The van der Waals surface area contributed by atoms with E-state index in [1.165, 1.54) is 0 Å². The molecule has 3 rings (SSSR count). The SMILES string of the molecule is C[C@@H](NC(=O)CCC(=O)C(C#N)=C1N(C)c2ccccc2N1C)C1CC1. The van der Waals surface area contributed by atoms with Crippen molar-refractivity contribution >= 4 is 23.1 Å². The second-order valence-corrected chi connectivity index (χ2v) is 7.03. The number of nitriles is 1. The van der Waals surface area contributed by atoms with Crippen LogP contribution in [-0.2, 0) is 9.59 Å². The largest absolute Gasteiger partial charge is 0.353 e. The van der Waals surface area contributed by atoms with Crippen LogP contribution < -0.4 is 15.1 Å². The molecule has 1 fully saturated rings. The zero-order valence-electron chi connectivity index (χ0n) is 15.5. The van der Waals surface area contributed by atoms with Gasteiger partial charge in [0.2, 0.25) is 5.91 Å². The number of Topliss-reactive ketones (excluding diaryl/α,β-unsaturated/α-hetero) is 1. The van der Waals surface area contributed by atoms with Crippen LogP contribution in [0.4, 0.5) is 11.4 Å². The Morgan fingerprint density at radius 1 is 1.19 bits per heavy atom. The van der Waals surface area contributed by atoms with E-state index >= 15 is 0 Å². The van der Waals surface area contributed by atoms with Crippen LogP contribution in [0.25, 0.3) is 0 Å². The maximum atomic E-state index is 12.6. The number of amides is 1. The number of allylic oxidation sites excluding steroid dienone is 1. The average molecular weight is 352 g/mol. The molecule has 6 heteroatoms. The van der Waals surface area contributed by atoms with Gasteiger partial charge in [0.1, 0.15) is 17.5 Å². The molecule has 0 unspecified atom stereocenters. The lowest BCUT2D eigenvalue weighted by Crippen LogP contribution is -2.34. The van der Waals surface area contributed by atoms with Crippen LogP contribution in [-0.4, -0.2) is 31.8 Å². The zero-order valence-corrected chi connectivity index (χ0v) is 15.5. The minimum absolute atomic E-state index is 0.0354. The molecular formula is C20H24N4O2. The van der Waals surface area contributed by atoms with Crippen LogP contribution in [0, 0.1) is 17.2 Å². The maximum absolute atomic E-state index is 12.6. The molecule has 0 saturated heterocycles. The van der Waals surface area contributed by atoms with Crippen molar-refractivity contribution in [3.8, 4) is 6.07 Å². The van der Waals surface area contributed by atoms with Crippen LogP contribution in [0.3, 0.4) is 0 Å². The van der Waals surface area contributed by atoms with Crippen LogP contribution in [0.2, 0.25) is 0 Å². The van der Waals surface area contributed by atoms with Crippen molar-refractivity contribution in [1.29, 1.82) is 5.26 Å². The minimum Gasteiger partial charge on any atom is -0.353 e. The Labute approximate surface area is 154 Å². The van der Waals surface area contributed by atoms with Crippen LogP contribution in [0.5, 0.6) is 0 Å². The molecular weight excluding hydrogens is 328 g/mol. The van der Waals surface area contributed by atoms with E-state index in [1.54, 1.807) is 0 Å². The highest BCUT2D eigenvalue weighted by molar-refractivity contribution is 6.03. The molecule has 6 nitrogen and oxygen atoms in total. The molecule has 2 aliphatic rings. The van der Waals surface area contributed by atoms with Gasteiger partial charge in [-0.2, -0.15) is 5.26 Å². The van der Waals surface area contributed by atoms with Crippen molar-refractivity contribution in [2.45, 2.75) is 38.6 Å². The van der Waals surface area contributed by atoms with Gasteiger partial charge >= 0.3 is 0 Å². The van der Waals surface area contributed by atoms with Gasteiger partial charge in [-0.25, -0.2) is 0 Å². The number of carbonyl (C=O) groups excluding carboxylic acids is 2. The molecule has 136 valence electrons. The topological polar surface area (TPSA) is 76.4 Å². The molecule has 1 aliphatic heterocycles. The van der Waals surface area contributed by atoms with E-state index in [1.807, 2.05) is 61.2 Å². The number of fused-ring (bicyclic) bond motifs is 1. The van der Waals surface area contributed by atoms with Crippen LogP contribution in [0.1, 0.15) is 32.6 Å². The molecule has 0 aromatic heterocycles. The number of ketones is 1. The Morgan fingerprint density at radius 3 is 2.27 bits per heavy atom. The van der Waals surface area contributed by atoms with Gasteiger partial charge in [-0.3, -0.25) is 9.59 Å². The van der Waals surface area contributed by atoms with Gasteiger partial charge in [0, 0.05) is 33.0 Å². The van der Waals surface area contributed by atoms with Crippen LogP contribution in [0.15, 0.2) is 35.7 Å². The van der Waals surface area contributed by atoms with Crippen molar-refractivity contribution in [2.24, 2.45) is 5.92 Å². The van der Waals surface area contributed by atoms with E-state index in [2.05, 4.69) is 5.32 Å². The second kappa shape index (κ2) is 7.20. The van der Waals surface area contributed by atoms with E-state index in [0.29, 0.717) is 11.7 Å². The first-order valence-electron chi connectivity index (χ1n) is 8.97. The third-order valence-corrected chi connectivity index (χ3v) is 5.15. The van der Waals surface area contributed by atoms with Gasteiger partial charge in [0.25, 0.3) is 0 Å². The lowest BCUT2D eigenvalue weighted by atomic mass is 10.1. The Morgan fingerprint density at radius 2 is 1.77 bits per heavy atom. The standard InChI is InChI=1S/C20H24N4O2/c1-13(14-8-9-14)22-19(26)11-10-18(25)15(12-21)20-23(2)16-6-4-5-7-17(16)24(20)3/h4-7,13-14H,8-11H2,1-3H3,(H,22,26)/t13-/m1/s1. The Hall–Kier alpha value is -2.81. The Balaban J connectivity index is 1.70. The third kappa shape index (κ3) is 3.43. The van der Waals surface area contributed by atoms with E-state index < -0.39 is 0 Å². The number of rotatable bonds is 6. The molecule has 1 aromatic rings. The fourth-order valence-corrected chi connectivity index (χ4v) is 3.45. The van der Waals surface area contributed by atoms with Gasteiger partial charge in [0.15, 0.2) is 5.78 Å². The van der Waals surface area contributed by atoms with Crippen LogP contribution >= 0.6 is 0 Å². The first kappa shape index (κ1) is 18.0. The number of nitrogens with one attached hydrogen (secondary N) is 1. The molecule has 1 aliphatic carbocycles. The maximum Gasteiger partial charge on any atom is 0.220 e. The summed E-state index contributed by atoms with van der Waals surface area (Å²) in [4.78, 5) is 28.4. The first-order valence-corrected chi connectivity index (χ1v) is 8.97. The average Bonchev–Trinajstić information content (AvgIpc) is 3.45. The number of anilines is 2. The summed E-state index contributed by atoms with van der Waals surface area (Å²) in [6, 6.07) is 9.95. The van der Waals surface area contributed by atoms with Gasteiger partial charge in [-0.15, -0.1) is 0 Å². The predicted octanol–water partition coefficient (Wildman–Crippen LogP) is 2.57. The molecule has 1 aromatic carbocycles. The number of carbonyl (C=O) groups is 2. The fourth-order valence-electron chi connectivity index (χ4n) is 3.45. The van der Waals surface area contributed by atoms with Gasteiger partial charge < -0.3 is 15.1 Å². The molecule has 1 amide bonds. The molecule has 0 radical (unpaired) electrons. The van der Waals surface area contributed by atoms with E-state index in [4.69, 9.17) is 0 Å². The Bertz CT molecular complexity index is 773. The summed E-state index contributed by atoms with van der Waals surface area (Å²) in [5, 5.41) is 12.5. The monoisotopic (exact) mass is 352 g/mol. The summed E-state index contributed by atoms with van der Waals surface area (Å²) in [6.45, 7) is 2.00. The molecule has 0 bridgehead atoms. The molecule has 1 heterocycles. The van der Waals surface area contributed by atoms with Crippen molar-refractivity contribution in [3.63, 3.8) is 0 Å². The lowest BCUT2D eigenvalue weighted by molar-refractivity contribution is -0.124. The van der Waals surface area contributed by atoms with Crippen molar-refractivity contribution in [1.82, 2.24) is 5.32 Å². The number of benzene rings is 1. The van der Waals surface area contributed by atoms with Crippen molar-refractivity contribution in [2.75, 3.05) is 23.9 Å². The quantitative estimate of drug-likeness (QED) is 0.629. The van der Waals surface area contributed by atoms with Gasteiger partial charge in [-0.1, -0.05) is 12.1 Å². The number of para-hydroxylation sites is 2. The highest BCUT2D eigenvalue weighted by Crippen LogP contribution is 2.40. The third-order valence-electron chi connectivity index (χ3n) is 5.15. The minimum atomic E-state index is -0.303. The number of hydrogen-bond acceptors (Lipinski definition) is 5. The molecule has 1 N–H and O–H groups in total. The van der Waals surface area contributed by atoms with Gasteiger partial charge in [-0.05, 0) is 37.8 Å².